The number of aromatic nitrogens is 1. The van der Waals surface area contributed by atoms with Gasteiger partial charge in [0.15, 0.2) is 5.43 Å². The van der Waals surface area contributed by atoms with Gasteiger partial charge in [0.2, 0.25) is 0 Å². The first-order chi connectivity index (χ1) is 13.1. The molecule has 1 aromatic heterocycles. The topological polar surface area (TPSA) is 57.5 Å². The van der Waals surface area contributed by atoms with Gasteiger partial charge in [-0.2, -0.15) is 0 Å². The molecule has 3 aliphatic rings. The van der Waals surface area contributed by atoms with Crippen molar-refractivity contribution >= 4 is 28.4 Å². The molecular weight excluding hydrogens is 365 g/mol. The van der Waals surface area contributed by atoms with E-state index in [1.54, 1.807) is 11.8 Å². The lowest BCUT2D eigenvalue weighted by Gasteiger charge is -2.28. The van der Waals surface area contributed by atoms with E-state index in [0.29, 0.717) is 28.7 Å². The molecule has 2 unspecified atom stereocenters. The summed E-state index contributed by atoms with van der Waals surface area (Å²) in [6.07, 6.45) is 3.88. The summed E-state index contributed by atoms with van der Waals surface area (Å²) in [7, 11) is 1.97. The molecule has 27 heavy (non-hydrogen) atoms. The molecule has 4 heterocycles. The molecule has 7 heteroatoms. The van der Waals surface area contributed by atoms with E-state index in [4.69, 9.17) is 0 Å². The highest BCUT2D eigenvalue weighted by Gasteiger charge is 2.37. The zero-order chi connectivity index (χ0) is 18.7. The van der Waals surface area contributed by atoms with Crippen LogP contribution in [0, 0.1) is 5.82 Å². The molecule has 144 valence electrons. The highest BCUT2D eigenvalue weighted by Crippen LogP contribution is 2.42. The van der Waals surface area contributed by atoms with Gasteiger partial charge in [-0.05, 0) is 38.8 Å². The summed E-state index contributed by atoms with van der Waals surface area (Å²) in [5.74, 6) is 0.583. The maximum atomic E-state index is 15.3. The molecule has 5 nitrogen and oxygen atoms in total. The van der Waals surface area contributed by atoms with Crippen LogP contribution in [0.25, 0.3) is 10.9 Å². The van der Waals surface area contributed by atoms with Gasteiger partial charge in [0.1, 0.15) is 5.82 Å². The van der Waals surface area contributed by atoms with Crippen LogP contribution in [0.5, 0.6) is 0 Å². The SMILES string of the molecule is CNC1CC2CCCc3c(c(F)cc4c(=O)c(CO)c5n(c34)CCS5)N2C1. The van der Waals surface area contributed by atoms with Crippen molar-refractivity contribution < 1.29 is 9.50 Å². The monoisotopic (exact) mass is 389 g/mol. The summed E-state index contributed by atoms with van der Waals surface area (Å²) >= 11 is 1.62. The normalized spacial score (nSPS) is 24.0. The van der Waals surface area contributed by atoms with Crippen molar-refractivity contribution in [2.75, 3.05) is 24.2 Å². The molecule has 1 fully saturated rings. The van der Waals surface area contributed by atoms with Gasteiger partial charge >= 0.3 is 0 Å². The van der Waals surface area contributed by atoms with Crippen molar-refractivity contribution in [2.24, 2.45) is 0 Å². The number of halogens is 1. The molecule has 2 N–H and O–H groups in total. The van der Waals surface area contributed by atoms with E-state index in [-0.39, 0.29) is 17.9 Å². The average Bonchev–Trinajstić information content (AvgIpc) is 3.25. The molecule has 0 aliphatic carbocycles. The van der Waals surface area contributed by atoms with E-state index in [1.807, 2.05) is 7.05 Å². The lowest BCUT2D eigenvalue weighted by atomic mass is 9.99. The van der Waals surface area contributed by atoms with Crippen LogP contribution in [0.4, 0.5) is 10.1 Å². The lowest BCUT2D eigenvalue weighted by molar-refractivity contribution is 0.276. The van der Waals surface area contributed by atoms with Gasteiger partial charge in [-0.25, -0.2) is 4.39 Å². The minimum Gasteiger partial charge on any atom is -0.391 e. The summed E-state index contributed by atoms with van der Waals surface area (Å²) in [6, 6.07) is 2.14. The molecule has 0 bridgehead atoms. The Morgan fingerprint density at radius 2 is 2.30 bits per heavy atom. The van der Waals surface area contributed by atoms with Crippen molar-refractivity contribution in [2.45, 2.75) is 55.9 Å². The van der Waals surface area contributed by atoms with Crippen LogP contribution < -0.4 is 15.6 Å². The fraction of sp³-hybridized carbons (Fsp3) is 0.550. The predicted octanol–water partition coefficient (Wildman–Crippen LogP) is 2.24. The van der Waals surface area contributed by atoms with Crippen LogP contribution in [-0.2, 0) is 19.6 Å². The van der Waals surface area contributed by atoms with Crippen molar-refractivity contribution in [3.8, 4) is 0 Å². The number of aryl methyl sites for hydroxylation is 2. The summed E-state index contributed by atoms with van der Waals surface area (Å²) in [5, 5.41) is 14.4. The van der Waals surface area contributed by atoms with E-state index < -0.39 is 0 Å². The minimum atomic E-state index is -0.298. The van der Waals surface area contributed by atoms with E-state index in [9.17, 15) is 9.90 Å². The number of nitrogens with one attached hydrogen (secondary N) is 1. The number of hydrogen-bond acceptors (Lipinski definition) is 5. The molecule has 0 radical (unpaired) electrons. The Morgan fingerprint density at radius 3 is 3.07 bits per heavy atom. The van der Waals surface area contributed by atoms with Gasteiger partial charge < -0.3 is 19.9 Å². The maximum absolute atomic E-state index is 15.3. The van der Waals surface area contributed by atoms with E-state index >= 15 is 4.39 Å². The number of likely N-dealkylation sites (N-methyl/N-ethyl adjacent to an activating group) is 1. The lowest BCUT2D eigenvalue weighted by Crippen LogP contribution is -2.32. The predicted molar refractivity (Wildman–Crippen MR) is 106 cm³/mol. The van der Waals surface area contributed by atoms with Crippen LogP contribution >= 0.6 is 11.8 Å². The molecular formula is C20H24FN3O2S. The van der Waals surface area contributed by atoms with Crippen LogP contribution in [0.3, 0.4) is 0 Å². The summed E-state index contributed by atoms with van der Waals surface area (Å²) in [6.45, 7) is 1.30. The van der Waals surface area contributed by atoms with Crippen LogP contribution in [0.15, 0.2) is 15.9 Å². The summed E-state index contributed by atoms with van der Waals surface area (Å²) < 4.78 is 17.5. The molecule has 0 amide bonds. The Hall–Kier alpha value is -1.57. The first kappa shape index (κ1) is 17.5. The van der Waals surface area contributed by atoms with Crippen LogP contribution in [-0.4, -0.2) is 41.1 Å². The van der Waals surface area contributed by atoms with E-state index in [0.717, 1.165) is 60.6 Å². The minimum absolute atomic E-state index is 0.217. The van der Waals surface area contributed by atoms with Crippen molar-refractivity contribution in [1.29, 1.82) is 0 Å². The summed E-state index contributed by atoms with van der Waals surface area (Å²) in [4.78, 5) is 15.2. The highest BCUT2D eigenvalue weighted by molar-refractivity contribution is 7.99. The Kier molecular flexibility index (Phi) is 4.22. The molecule has 3 aliphatic heterocycles. The quantitative estimate of drug-likeness (QED) is 0.825. The molecule has 5 rings (SSSR count). The Balaban J connectivity index is 1.82. The Bertz CT molecular complexity index is 990. The standard InChI is InChI=1S/C20H24FN3O2S/c1-22-11-7-12-3-2-4-13-17-14(8-16(21)18(13)24(12)9-11)19(26)15(10-25)20-23(17)5-6-27-20/h8,11-12,22,25H,2-7,9-10H2,1H3. The molecule has 2 atom stereocenters. The van der Waals surface area contributed by atoms with Gasteiger partial charge in [0.25, 0.3) is 0 Å². The van der Waals surface area contributed by atoms with Gasteiger partial charge in [0, 0.05) is 41.9 Å². The number of aliphatic hydroxyl groups excluding tert-OH is 1. The fourth-order valence-electron chi connectivity index (χ4n) is 5.17. The van der Waals surface area contributed by atoms with Crippen molar-refractivity contribution in [3.63, 3.8) is 0 Å². The first-order valence-corrected chi connectivity index (χ1v) is 10.7. The number of pyridine rings is 1. The zero-order valence-corrected chi connectivity index (χ0v) is 16.2. The second-order valence-corrected chi connectivity index (χ2v) is 8.86. The van der Waals surface area contributed by atoms with Crippen molar-refractivity contribution in [3.05, 3.63) is 33.2 Å². The maximum Gasteiger partial charge on any atom is 0.196 e. The smallest absolute Gasteiger partial charge is 0.196 e. The summed E-state index contributed by atoms with van der Waals surface area (Å²) in [5.41, 5.74) is 2.76. The number of hydrogen-bond donors (Lipinski definition) is 2. The number of aliphatic hydroxyl groups is 1. The van der Waals surface area contributed by atoms with Gasteiger partial charge in [-0.15, -0.1) is 11.8 Å². The zero-order valence-electron chi connectivity index (χ0n) is 15.4. The number of nitrogens with zero attached hydrogens (tertiary/aromatic N) is 2. The second kappa shape index (κ2) is 6.50. The second-order valence-electron chi connectivity index (χ2n) is 7.77. The molecule has 0 spiro atoms. The third-order valence-corrected chi connectivity index (χ3v) is 7.53. The number of anilines is 1. The number of thioether (sulfide) groups is 1. The van der Waals surface area contributed by atoms with Crippen LogP contribution in [0.1, 0.15) is 30.4 Å². The largest absolute Gasteiger partial charge is 0.391 e. The highest BCUT2D eigenvalue weighted by atomic mass is 32.2. The van der Waals surface area contributed by atoms with Gasteiger partial charge in [-0.3, -0.25) is 4.79 Å². The van der Waals surface area contributed by atoms with Crippen LogP contribution in [0.2, 0.25) is 0 Å². The van der Waals surface area contributed by atoms with Gasteiger partial charge in [0.05, 0.1) is 28.4 Å². The Labute approximate surface area is 161 Å². The number of benzene rings is 1. The molecule has 1 aromatic carbocycles. The molecule has 1 saturated heterocycles. The van der Waals surface area contributed by atoms with E-state index in [1.165, 1.54) is 6.07 Å². The first-order valence-electron chi connectivity index (χ1n) is 9.72. The average molecular weight is 389 g/mol. The third-order valence-electron chi connectivity index (χ3n) is 6.40. The fourth-order valence-corrected chi connectivity index (χ4v) is 6.31. The van der Waals surface area contributed by atoms with Crippen molar-refractivity contribution in [1.82, 2.24) is 9.88 Å². The number of fused-ring (bicyclic) bond motifs is 7. The molecule has 0 saturated carbocycles. The Morgan fingerprint density at radius 1 is 1.44 bits per heavy atom. The third kappa shape index (κ3) is 2.48. The van der Waals surface area contributed by atoms with E-state index in [2.05, 4.69) is 14.8 Å². The number of rotatable bonds is 2. The van der Waals surface area contributed by atoms with Gasteiger partial charge in [-0.1, -0.05) is 0 Å². The molecule has 2 aromatic rings.